The molecule has 2 fully saturated rings. The molecule has 0 radical (unpaired) electrons. The van der Waals surface area contributed by atoms with Gasteiger partial charge in [0.15, 0.2) is 0 Å². The number of nitrogens with zero attached hydrogens (tertiary/aromatic N) is 1. The Balaban J connectivity index is 1.74. The Bertz CT molecular complexity index is 742. The van der Waals surface area contributed by atoms with Crippen molar-refractivity contribution in [1.82, 2.24) is 4.90 Å². The van der Waals surface area contributed by atoms with E-state index in [4.69, 9.17) is 4.74 Å². The number of likely N-dealkylation sites (tertiary alicyclic amines) is 1. The third-order valence-electron chi connectivity index (χ3n) is 5.57. The number of benzene rings is 1. The fourth-order valence-electron chi connectivity index (χ4n) is 3.99. The maximum atomic E-state index is 12.6. The highest BCUT2D eigenvalue weighted by atomic mass is 16.5. The van der Waals surface area contributed by atoms with Gasteiger partial charge in [0.1, 0.15) is 12.3 Å². The molecule has 0 bridgehead atoms. The summed E-state index contributed by atoms with van der Waals surface area (Å²) >= 11 is 0. The topological polar surface area (TPSA) is 75.7 Å². The molecule has 2 atom stereocenters. The Morgan fingerprint density at radius 2 is 1.74 bits per heavy atom. The third-order valence-corrected chi connectivity index (χ3v) is 5.57. The van der Waals surface area contributed by atoms with Crippen molar-refractivity contribution < 1.29 is 19.1 Å². The molecule has 1 aliphatic heterocycles. The number of imide groups is 1. The minimum absolute atomic E-state index is 0.0810. The van der Waals surface area contributed by atoms with Crippen LogP contribution in [0.3, 0.4) is 0 Å². The number of amides is 3. The second kappa shape index (κ2) is 7.33. The van der Waals surface area contributed by atoms with Gasteiger partial charge in [-0.1, -0.05) is 39.7 Å². The van der Waals surface area contributed by atoms with Gasteiger partial charge in [0.25, 0.3) is 0 Å². The van der Waals surface area contributed by atoms with Gasteiger partial charge in [-0.3, -0.25) is 19.3 Å². The molecule has 1 aromatic carbocycles. The smallest absolute Gasteiger partial charge is 0.244 e. The Kier molecular flexibility index (Phi) is 5.27. The van der Waals surface area contributed by atoms with Crippen LogP contribution in [0.25, 0.3) is 0 Å². The van der Waals surface area contributed by atoms with Crippen LogP contribution < -0.4 is 10.1 Å². The maximum absolute atomic E-state index is 12.6. The number of rotatable bonds is 4. The summed E-state index contributed by atoms with van der Waals surface area (Å²) < 4.78 is 5.34. The Hall–Kier alpha value is -2.37. The van der Waals surface area contributed by atoms with Gasteiger partial charge < -0.3 is 10.1 Å². The van der Waals surface area contributed by atoms with Gasteiger partial charge in [-0.25, -0.2) is 0 Å². The zero-order valence-corrected chi connectivity index (χ0v) is 16.5. The number of hydrogen-bond donors (Lipinski definition) is 1. The number of fused-ring (bicyclic) bond motifs is 1. The molecule has 0 unspecified atom stereocenters. The quantitative estimate of drug-likeness (QED) is 0.824. The number of nitrogens with one attached hydrogen (secondary N) is 1. The summed E-state index contributed by atoms with van der Waals surface area (Å²) in [5, 5.41) is 2.81. The van der Waals surface area contributed by atoms with Crippen LogP contribution in [0.5, 0.6) is 5.75 Å². The van der Waals surface area contributed by atoms with Crippen LogP contribution in [-0.4, -0.2) is 36.3 Å². The van der Waals surface area contributed by atoms with Crippen LogP contribution in [0.1, 0.15) is 52.0 Å². The zero-order chi connectivity index (χ0) is 19.8. The van der Waals surface area contributed by atoms with E-state index in [0.717, 1.165) is 36.1 Å². The molecule has 1 aromatic rings. The number of ether oxygens (including phenoxy) is 1. The van der Waals surface area contributed by atoms with E-state index in [9.17, 15) is 14.4 Å². The first kappa shape index (κ1) is 19.4. The van der Waals surface area contributed by atoms with Crippen molar-refractivity contribution in [2.45, 2.75) is 51.9 Å². The van der Waals surface area contributed by atoms with Gasteiger partial charge in [-0.05, 0) is 36.0 Å². The summed E-state index contributed by atoms with van der Waals surface area (Å²) in [4.78, 5) is 38.8. The Labute approximate surface area is 160 Å². The molecule has 1 heterocycles. The first-order valence-electron chi connectivity index (χ1n) is 9.56. The van der Waals surface area contributed by atoms with Crippen molar-refractivity contribution in [2.24, 2.45) is 11.8 Å². The lowest BCUT2D eigenvalue weighted by atomic mass is 9.81. The van der Waals surface area contributed by atoms with E-state index in [1.165, 1.54) is 0 Å². The zero-order valence-electron chi connectivity index (χ0n) is 16.5. The van der Waals surface area contributed by atoms with Crippen LogP contribution in [0.4, 0.5) is 5.69 Å². The van der Waals surface area contributed by atoms with E-state index >= 15 is 0 Å². The Morgan fingerprint density at radius 3 is 2.26 bits per heavy atom. The van der Waals surface area contributed by atoms with Crippen molar-refractivity contribution in [3.8, 4) is 5.75 Å². The van der Waals surface area contributed by atoms with E-state index in [0.29, 0.717) is 11.4 Å². The number of carbonyl (C=O) groups is 3. The lowest BCUT2D eigenvalue weighted by Crippen LogP contribution is -2.38. The molecule has 0 spiro atoms. The molecular formula is C21H28N2O4. The van der Waals surface area contributed by atoms with Crippen molar-refractivity contribution in [3.63, 3.8) is 0 Å². The summed E-state index contributed by atoms with van der Waals surface area (Å²) in [7, 11) is 1.54. The van der Waals surface area contributed by atoms with Crippen LogP contribution >= 0.6 is 0 Å². The molecule has 146 valence electrons. The van der Waals surface area contributed by atoms with E-state index in [-0.39, 0.29) is 41.5 Å². The average molecular weight is 372 g/mol. The lowest BCUT2D eigenvalue weighted by molar-refractivity contribution is -0.142. The first-order chi connectivity index (χ1) is 12.7. The van der Waals surface area contributed by atoms with Gasteiger partial charge in [-0.15, -0.1) is 0 Å². The van der Waals surface area contributed by atoms with E-state index in [2.05, 4.69) is 26.1 Å². The summed E-state index contributed by atoms with van der Waals surface area (Å²) in [5.41, 5.74) is 1.52. The summed E-state index contributed by atoms with van der Waals surface area (Å²) in [5.74, 6) is -0.718. The molecule has 3 amide bonds. The standard InChI is InChI=1S/C21H28N2O4/c1-21(2,3)13-9-10-17(27-4)16(11-13)22-18(24)12-23-19(25)14-7-5-6-8-15(14)20(23)26/h9-11,14-15H,5-8,12H2,1-4H3,(H,22,24)/t14-,15+. The minimum Gasteiger partial charge on any atom is -0.495 e. The van der Waals surface area contributed by atoms with Crippen LogP contribution in [0.15, 0.2) is 18.2 Å². The molecule has 6 heteroatoms. The van der Waals surface area contributed by atoms with Crippen molar-refractivity contribution >= 4 is 23.4 Å². The number of methoxy groups -OCH3 is 1. The largest absolute Gasteiger partial charge is 0.495 e. The van der Waals surface area contributed by atoms with Gasteiger partial charge in [0.2, 0.25) is 17.7 Å². The summed E-state index contributed by atoms with van der Waals surface area (Å²) in [6.45, 7) is 6.02. The van der Waals surface area contributed by atoms with Crippen molar-refractivity contribution in [1.29, 1.82) is 0 Å². The molecule has 2 aliphatic rings. The van der Waals surface area contributed by atoms with E-state index in [1.807, 2.05) is 18.2 Å². The number of anilines is 1. The highest BCUT2D eigenvalue weighted by Gasteiger charge is 2.48. The molecule has 6 nitrogen and oxygen atoms in total. The highest BCUT2D eigenvalue weighted by molar-refractivity contribution is 6.08. The molecule has 0 aromatic heterocycles. The second-order valence-corrected chi connectivity index (χ2v) is 8.47. The number of carbonyl (C=O) groups excluding carboxylic acids is 3. The van der Waals surface area contributed by atoms with Gasteiger partial charge in [0.05, 0.1) is 24.6 Å². The second-order valence-electron chi connectivity index (χ2n) is 8.47. The lowest BCUT2D eigenvalue weighted by Gasteiger charge is -2.21. The third kappa shape index (κ3) is 3.84. The normalized spacial score (nSPS) is 22.6. The molecular weight excluding hydrogens is 344 g/mol. The van der Waals surface area contributed by atoms with Crippen LogP contribution in [0, 0.1) is 11.8 Å². The van der Waals surface area contributed by atoms with Crippen LogP contribution in [-0.2, 0) is 19.8 Å². The fraction of sp³-hybridized carbons (Fsp3) is 0.571. The summed E-state index contributed by atoms with van der Waals surface area (Å²) in [6, 6.07) is 5.66. The Morgan fingerprint density at radius 1 is 1.15 bits per heavy atom. The molecule has 3 rings (SSSR count). The average Bonchev–Trinajstić information content (AvgIpc) is 2.86. The molecule has 1 saturated heterocycles. The molecule has 1 aliphatic carbocycles. The first-order valence-corrected chi connectivity index (χ1v) is 9.56. The molecule has 1 saturated carbocycles. The monoisotopic (exact) mass is 372 g/mol. The van der Waals surface area contributed by atoms with E-state index in [1.54, 1.807) is 7.11 Å². The fourth-order valence-corrected chi connectivity index (χ4v) is 3.99. The predicted molar refractivity (Wildman–Crippen MR) is 102 cm³/mol. The molecule has 27 heavy (non-hydrogen) atoms. The molecule has 1 N–H and O–H groups in total. The van der Waals surface area contributed by atoms with E-state index < -0.39 is 0 Å². The highest BCUT2D eigenvalue weighted by Crippen LogP contribution is 2.38. The van der Waals surface area contributed by atoms with Crippen LogP contribution in [0.2, 0.25) is 0 Å². The van der Waals surface area contributed by atoms with Gasteiger partial charge in [0, 0.05) is 0 Å². The number of hydrogen-bond acceptors (Lipinski definition) is 4. The van der Waals surface area contributed by atoms with Crippen molar-refractivity contribution in [2.75, 3.05) is 19.0 Å². The minimum atomic E-state index is -0.389. The predicted octanol–water partition coefficient (Wildman–Crippen LogP) is 3.11. The van der Waals surface area contributed by atoms with Gasteiger partial charge in [-0.2, -0.15) is 0 Å². The SMILES string of the molecule is COc1ccc(C(C)(C)C)cc1NC(=O)CN1C(=O)[C@H]2CCCC[C@H]2C1=O. The maximum Gasteiger partial charge on any atom is 0.244 e. The van der Waals surface area contributed by atoms with Gasteiger partial charge >= 0.3 is 0 Å². The summed E-state index contributed by atoms with van der Waals surface area (Å²) in [6.07, 6.45) is 3.43. The van der Waals surface area contributed by atoms with Crippen molar-refractivity contribution in [3.05, 3.63) is 23.8 Å².